The molecule has 0 aliphatic heterocycles. The molecule has 0 aliphatic carbocycles. The van der Waals surface area contributed by atoms with Gasteiger partial charge in [-0.1, -0.05) is 29.8 Å². The van der Waals surface area contributed by atoms with Gasteiger partial charge in [0.25, 0.3) is 5.91 Å². The maximum absolute atomic E-state index is 12.3. The molecule has 0 saturated carbocycles. The van der Waals surface area contributed by atoms with Crippen molar-refractivity contribution in [1.29, 1.82) is 0 Å². The summed E-state index contributed by atoms with van der Waals surface area (Å²) in [5, 5.41) is 10.4. The van der Waals surface area contributed by atoms with Crippen LogP contribution in [-0.2, 0) is 6.42 Å². The molecular formula is C18H16ClN3O2. The van der Waals surface area contributed by atoms with Gasteiger partial charge in [0.1, 0.15) is 5.75 Å². The first-order valence-electron chi connectivity index (χ1n) is 7.39. The van der Waals surface area contributed by atoms with Gasteiger partial charge in [0.2, 0.25) is 0 Å². The molecule has 1 amide bonds. The van der Waals surface area contributed by atoms with Gasteiger partial charge >= 0.3 is 0 Å². The normalized spacial score (nSPS) is 10.4. The summed E-state index contributed by atoms with van der Waals surface area (Å²) < 4.78 is 5.09. The molecule has 2 N–H and O–H groups in total. The molecule has 1 aromatic heterocycles. The van der Waals surface area contributed by atoms with E-state index < -0.39 is 0 Å². The van der Waals surface area contributed by atoms with Gasteiger partial charge in [0.05, 0.1) is 7.11 Å². The minimum absolute atomic E-state index is 0.276. The van der Waals surface area contributed by atoms with E-state index in [1.165, 1.54) is 0 Å². The van der Waals surface area contributed by atoms with Crippen molar-refractivity contribution in [3.05, 3.63) is 76.6 Å². The monoisotopic (exact) mass is 341 g/mol. The van der Waals surface area contributed by atoms with Crippen LogP contribution >= 0.6 is 11.6 Å². The second kappa shape index (κ2) is 7.19. The average molecular weight is 342 g/mol. The zero-order valence-electron chi connectivity index (χ0n) is 13.0. The van der Waals surface area contributed by atoms with Gasteiger partial charge in [-0.2, -0.15) is 5.10 Å². The lowest BCUT2D eigenvalue weighted by atomic mass is 10.1. The third kappa shape index (κ3) is 3.75. The average Bonchev–Trinajstić information content (AvgIpc) is 3.06. The number of carbonyl (C=O) groups excluding carboxylic acids is 1. The number of ether oxygens (including phenoxy) is 1. The van der Waals surface area contributed by atoms with E-state index in [0.29, 0.717) is 22.8 Å². The molecule has 3 rings (SSSR count). The minimum Gasteiger partial charge on any atom is -0.497 e. The van der Waals surface area contributed by atoms with E-state index in [0.717, 1.165) is 17.0 Å². The smallest absolute Gasteiger partial charge is 0.276 e. The van der Waals surface area contributed by atoms with Crippen molar-refractivity contribution in [3.63, 3.8) is 0 Å². The molecule has 1 heterocycles. The lowest BCUT2D eigenvalue weighted by Gasteiger charge is -2.04. The maximum atomic E-state index is 12.3. The molecule has 0 atom stereocenters. The van der Waals surface area contributed by atoms with Crippen LogP contribution in [0.15, 0.2) is 54.6 Å². The first-order valence-corrected chi connectivity index (χ1v) is 7.76. The highest BCUT2D eigenvalue weighted by Crippen LogP contribution is 2.19. The summed E-state index contributed by atoms with van der Waals surface area (Å²) in [4.78, 5) is 12.3. The Bertz CT molecular complexity index is 843. The number of nitrogens with one attached hydrogen (secondary N) is 2. The Morgan fingerprint density at radius 2 is 1.96 bits per heavy atom. The molecule has 0 bridgehead atoms. The fourth-order valence-corrected chi connectivity index (χ4v) is 2.49. The number of hydrogen-bond donors (Lipinski definition) is 2. The second-order valence-corrected chi connectivity index (χ2v) is 5.64. The molecule has 0 saturated heterocycles. The standard InChI is InChI=1S/C18H16ClN3O2/c1-24-15-8-6-13(7-9-15)20-18(23)17-11-14(21-22-17)10-12-4-2-3-5-16(12)19/h2-9,11H,10H2,1H3,(H,20,23)(H,21,22). The number of aromatic nitrogens is 2. The summed E-state index contributed by atoms with van der Waals surface area (Å²) in [6.45, 7) is 0. The molecule has 0 aliphatic rings. The first-order chi connectivity index (χ1) is 11.7. The highest BCUT2D eigenvalue weighted by molar-refractivity contribution is 6.31. The molecule has 0 fully saturated rings. The van der Waals surface area contributed by atoms with E-state index in [1.807, 2.05) is 24.3 Å². The number of halogens is 1. The van der Waals surface area contributed by atoms with Gasteiger partial charge in [0.15, 0.2) is 5.69 Å². The van der Waals surface area contributed by atoms with Gasteiger partial charge in [-0.25, -0.2) is 0 Å². The van der Waals surface area contributed by atoms with Crippen molar-refractivity contribution in [3.8, 4) is 5.75 Å². The summed E-state index contributed by atoms with van der Waals surface area (Å²) in [5.41, 5.74) is 2.80. The molecule has 0 spiro atoms. The molecule has 6 heteroatoms. The van der Waals surface area contributed by atoms with E-state index in [9.17, 15) is 4.79 Å². The van der Waals surface area contributed by atoms with Crippen LogP contribution in [0.5, 0.6) is 5.75 Å². The summed E-state index contributed by atoms with van der Waals surface area (Å²) in [6.07, 6.45) is 0.586. The fraction of sp³-hybridized carbons (Fsp3) is 0.111. The van der Waals surface area contributed by atoms with Gasteiger partial charge in [0, 0.05) is 22.8 Å². The summed E-state index contributed by atoms with van der Waals surface area (Å²) in [6, 6.07) is 16.4. The number of rotatable bonds is 5. The maximum Gasteiger partial charge on any atom is 0.276 e. The molecule has 0 unspecified atom stereocenters. The number of benzene rings is 2. The van der Waals surface area contributed by atoms with E-state index >= 15 is 0 Å². The largest absolute Gasteiger partial charge is 0.497 e. The zero-order valence-corrected chi connectivity index (χ0v) is 13.8. The van der Waals surface area contributed by atoms with E-state index in [1.54, 1.807) is 37.4 Å². The van der Waals surface area contributed by atoms with Crippen molar-refractivity contribution < 1.29 is 9.53 Å². The SMILES string of the molecule is COc1ccc(NC(=O)c2cc(Cc3ccccc3Cl)[nH]n2)cc1. The van der Waals surface area contributed by atoms with Gasteiger partial charge in [-0.15, -0.1) is 0 Å². The summed E-state index contributed by atoms with van der Waals surface area (Å²) >= 11 is 6.15. The Hall–Kier alpha value is -2.79. The number of amides is 1. The van der Waals surface area contributed by atoms with Crippen molar-refractivity contribution in [1.82, 2.24) is 10.2 Å². The van der Waals surface area contributed by atoms with Gasteiger partial charge in [-0.3, -0.25) is 9.89 Å². The van der Waals surface area contributed by atoms with Crippen LogP contribution in [0.3, 0.4) is 0 Å². The molecule has 122 valence electrons. The number of hydrogen-bond acceptors (Lipinski definition) is 3. The van der Waals surface area contributed by atoms with Crippen molar-refractivity contribution >= 4 is 23.2 Å². The molecule has 3 aromatic rings. The third-order valence-corrected chi connectivity index (χ3v) is 3.92. The lowest BCUT2D eigenvalue weighted by molar-refractivity contribution is 0.102. The molecule has 0 radical (unpaired) electrons. The number of H-pyrrole nitrogens is 1. The predicted molar refractivity (Wildman–Crippen MR) is 93.8 cm³/mol. The van der Waals surface area contributed by atoms with Crippen LogP contribution in [0.2, 0.25) is 5.02 Å². The molecular weight excluding hydrogens is 326 g/mol. The van der Waals surface area contributed by atoms with Gasteiger partial charge in [-0.05, 0) is 42.0 Å². The quantitative estimate of drug-likeness (QED) is 0.739. The molecule has 2 aromatic carbocycles. The number of anilines is 1. The molecule has 24 heavy (non-hydrogen) atoms. The van der Waals surface area contributed by atoms with Crippen LogP contribution in [-0.4, -0.2) is 23.2 Å². The third-order valence-electron chi connectivity index (χ3n) is 3.55. The van der Waals surface area contributed by atoms with E-state index in [-0.39, 0.29) is 5.91 Å². The van der Waals surface area contributed by atoms with Crippen LogP contribution < -0.4 is 10.1 Å². The Balaban J connectivity index is 1.68. The van der Waals surface area contributed by atoms with Crippen LogP contribution in [0, 0.1) is 0 Å². The van der Waals surface area contributed by atoms with E-state index in [2.05, 4.69) is 15.5 Å². The zero-order chi connectivity index (χ0) is 16.9. The molecule has 5 nitrogen and oxygen atoms in total. The summed E-state index contributed by atoms with van der Waals surface area (Å²) in [7, 11) is 1.60. The van der Waals surface area contributed by atoms with Crippen molar-refractivity contribution in [2.24, 2.45) is 0 Å². The minimum atomic E-state index is -0.276. The van der Waals surface area contributed by atoms with E-state index in [4.69, 9.17) is 16.3 Å². The Morgan fingerprint density at radius 3 is 2.67 bits per heavy atom. The Morgan fingerprint density at radius 1 is 1.21 bits per heavy atom. The predicted octanol–water partition coefficient (Wildman–Crippen LogP) is 3.91. The van der Waals surface area contributed by atoms with Crippen LogP contribution in [0.25, 0.3) is 0 Å². The number of carbonyl (C=O) groups is 1. The lowest BCUT2D eigenvalue weighted by Crippen LogP contribution is -2.12. The van der Waals surface area contributed by atoms with Gasteiger partial charge < -0.3 is 10.1 Å². The summed E-state index contributed by atoms with van der Waals surface area (Å²) in [5.74, 6) is 0.455. The number of nitrogens with zero attached hydrogens (tertiary/aromatic N) is 1. The van der Waals surface area contributed by atoms with Crippen molar-refractivity contribution in [2.75, 3.05) is 12.4 Å². The second-order valence-electron chi connectivity index (χ2n) is 5.23. The topological polar surface area (TPSA) is 67.0 Å². The Labute approximate surface area is 144 Å². The fourth-order valence-electron chi connectivity index (χ4n) is 2.28. The highest BCUT2D eigenvalue weighted by atomic mass is 35.5. The number of methoxy groups -OCH3 is 1. The first kappa shape index (κ1) is 16.1. The van der Waals surface area contributed by atoms with Crippen LogP contribution in [0.4, 0.5) is 5.69 Å². The Kier molecular flexibility index (Phi) is 4.82. The highest BCUT2D eigenvalue weighted by Gasteiger charge is 2.12. The van der Waals surface area contributed by atoms with Crippen molar-refractivity contribution in [2.45, 2.75) is 6.42 Å². The van der Waals surface area contributed by atoms with Crippen LogP contribution in [0.1, 0.15) is 21.7 Å². The number of aromatic amines is 1.